The van der Waals surface area contributed by atoms with E-state index in [1.54, 1.807) is 55.8 Å². The number of benzene rings is 2. The molecule has 1 aliphatic rings. The number of hydrazone groups is 1. The lowest BCUT2D eigenvalue weighted by atomic mass is 9.96. The molecule has 0 radical (unpaired) electrons. The summed E-state index contributed by atoms with van der Waals surface area (Å²) < 4.78 is 16.0. The van der Waals surface area contributed by atoms with Gasteiger partial charge in [0.25, 0.3) is 0 Å². The standard InChI is InChI=1S/C23H27N3O4S/c1-28-19-11-9-17(10-12-19)22(27)30-20-13-8-16(14-21(20)29-2)15-24-26-23(31)25-18-6-4-3-5-7-18/h8-15,18H,3-7H2,1-2H3,(H2,25,26,31). The maximum atomic E-state index is 12.4. The number of esters is 1. The van der Waals surface area contributed by atoms with Crippen LogP contribution in [-0.2, 0) is 0 Å². The molecule has 1 aliphatic carbocycles. The number of thiocarbonyl (C=S) groups is 1. The van der Waals surface area contributed by atoms with Gasteiger partial charge in [0.1, 0.15) is 5.75 Å². The van der Waals surface area contributed by atoms with E-state index < -0.39 is 5.97 Å². The molecule has 2 aromatic rings. The van der Waals surface area contributed by atoms with E-state index in [-0.39, 0.29) is 0 Å². The maximum absolute atomic E-state index is 12.4. The summed E-state index contributed by atoms with van der Waals surface area (Å²) in [6.45, 7) is 0. The minimum absolute atomic E-state index is 0.322. The second kappa shape index (κ2) is 11.3. The molecule has 1 fully saturated rings. The Balaban J connectivity index is 1.57. The smallest absolute Gasteiger partial charge is 0.343 e. The summed E-state index contributed by atoms with van der Waals surface area (Å²) in [6, 6.07) is 12.3. The molecule has 0 aromatic heterocycles. The number of hydrogen-bond acceptors (Lipinski definition) is 6. The van der Waals surface area contributed by atoms with Crippen molar-refractivity contribution in [1.29, 1.82) is 0 Å². The number of nitrogens with zero attached hydrogens (tertiary/aromatic N) is 1. The van der Waals surface area contributed by atoms with Gasteiger partial charge in [-0.15, -0.1) is 0 Å². The first-order valence-corrected chi connectivity index (χ1v) is 10.6. The van der Waals surface area contributed by atoms with Crippen molar-refractivity contribution in [3.05, 3.63) is 53.6 Å². The van der Waals surface area contributed by atoms with Gasteiger partial charge >= 0.3 is 5.97 Å². The van der Waals surface area contributed by atoms with Crippen LogP contribution in [-0.4, -0.2) is 37.6 Å². The zero-order valence-electron chi connectivity index (χ0n) is 17.7. The fourth-order valence-corrected chi connectivity index (χ4v) is 3.58. The molecule has 164 valence electrons. The second-order valence-corrected chi connectivity index (χ2v) is 7.61. The largest absolute Gasteiger partial charge is 0.497 e. The first kappa shape index (κ1) is 22.6. The molecule has 2 N–H and O–H groups in total. The van der Waals surface area contributed by atoms with E-state index in [1.807, 2.05) is 0 Å². The number of ether oxygens (including phenoxy) is 3. The Kier molecular flexibility index (Phi) is 8.23. The summed E-state index contributed by atoms with van der Waals surface area (Å²) in [5.74, 6) is 0.930. The van der Waals surface area contributed by atoms with Gasteiger partial charge in [0.2, 0.25) is 0 Å². The third-order valence-corrected chi connectivity index (χ3v) is 5.25. The number of methoxy groups -OCH3 is 2. The number of rotatable bonds is 7. The number of carbonyl (C=O) groups excluding carboxylic acids is 1. The van der Waals surface area contributed by atoms with Gasteiger partial charge in [-0.1, -0.05) is 19.3 Å². The van der Waals surface area contributed by atoms with E-state index in [9.17, 15) is 4.79 Å². The molecule has 0 heterocycles. The van der Waals surface area contributed by atoms with E-state index in [2.05, 4.69) is 15.8 Å². The molecule has 0 aliphatic heterocycles. The first-order valence-electron chi connectivity index (χ1n) is 10.2. The van der Waals surface area contributed by atoms with Crippen LogP contribution in [0.2, 0.25) is 0 Å². The predicted molar refractivity (Wildman–Crippen MR) is 124 cm³/mol. The summed E-state index contributed by atoms with van der Waals surface area (Å²) >= 11 is 5.30. The third-order valence-electron chi connectivity index (χ3n) is 5.04. The van der Waals surface area contributed by atoms with Gasteiger partial charge in [-0.3, -0.25) is 5.43 Å². The lowest BCUT2D eigenvalue weighted by Gasteiger charge is -2.23. The van der Waals surface area contributed by atoms with Crippen LogP contribution in [0.3, 0.4) is 0 Å². The molecule has 0 saturated heterocycles. The highest BCUT2D eigenvalue weighted by Crippen LogP contribution is 2.28. The Morgan fingerprint density at radius 3 is 2.45 bits per heavy atom. The van der Waals surface area contributed by atoms with Crippen molar-refractivity contribution >= 4 is 29.5 Å². The Hall–Kier alpha value is -3.13. The minimum atomic E-state index is -0.483. The molecule has 8 heteroatoms. The van der Waals surface area contributed by atoms with E-state index in [0.29, 0.717) is 34.0 Å². The molecule has 7 nitrogen and oxygen atoms in total. The van der Waals surface area contributed by atoms with Crippen molar-refractivity contribution in [2.75, 3.05) is 14.2 Å². The zero-order chi connectivity index (χ0) is 22.1. The van der Waals surface area contributed by atoms with Crippen LogP contribution in [0.4, 0.5) is 0 Å². The van der Waals surface area contributed by atoms with Crippen molar-refractivity contribution in [2.24, 2.45) is 5.10 Å². The quantitative estimate of drug-likeness (QED) is 0.221. The average Bonchev–Trinajstić information content (AvgIpc) is 2.80. The molecule has 0 bridgehead atoms. The zero-order valence-corrected chi connectivity index (χ0v) is 18.5. The number of carbonyl (C=O) groups is 1. The highest BCUT2D eigenvalue weighted by molar-refractivity contribution is 7.80. The van der Waals surface area contributed by atoms with Gasteiger partial charge in [-0.25, -0.2) is 4.79 Å². The molecular weight excluding hydrogens is 414 g/mol. The molecule has 0 unspecified atom stereocenters. The van der Waals surface area contributed by atoms with Crippen molar-refractivity contribution < 1.29 is 19.0 Å². The Bertz CT molecular complexity index is 925. The maximum Gasteiger partial charge on any atom is 0.343 e. The Morgan fingerprint density at radius 1 is 1.03 bits per heavy atom. The van der Waals surface area contributed by atoms with Crippen molar-refractivity contribution in [3.8, 4) is 17.2 Å². The van der Waals surface area contributed by atoms with E-state index in [0.717, 1.165) is 18.4 Å². The highest BCUT2D eigenvalue weighted by Gasteiger charge is 2.14. The van der Waals surface area contributed by atoms with Crippen molar-refractivity contribution in [2.45, 2.75) is 38.1 Å². The van der Waals surface area contributed by atoms with Crippen molar-refractivity contribution in [3.63, 3.8) is 0 Å². The minimum Gasteiger partial charge on any atom is -0.497 e. The summed E-state index contributed by atoms with van der Waals surface area (Å²) in [4.78, 5) is 12.4. The van der Waals surface area contributed by atoms with Crippen LogP contribution in [0.1, 0.15) is 48.0 Å². The summed E-state index contributed by atoms with van der Waals surface area (Å²) in [5.41, 5.74) is 4.03. The molecule has 0 atom stereocenters. The predicted octanol–water partition coefficient (Wildman–Crippen LogP) is 4.05. The van der Waals surface area contributed by atoms with Crippen molar-refractivity contribution in [1.82, 2.24) is 10.7 Å². The van der Waals surface area contributed by atoms with Crippen LogP contribution >= 0.6 is 12.2 Å². The third kappa shape index (κ3) is 6.68. The Morgan fingerprint density at radius 2 is 1.77 bits per heavy atom. The van der Waals surface area contributed by atoms with Gasteiger partial charge in [0.05, 0.1) is 26.0 Å². The highest BCUT2D eigenvalue weighted by atomic mass is 32.1. The normalized spacial score (nSPS) is 14.1. The Labute approximate surface area is 187 Å². The molecule has 0 amide bonds. The molecule has 0 spiro atoms. The summed E-state index contributed by atoms with van der Waals surface area (Å²) in [6.07, 6.45) is 7.67. The molecule has 2 aromatic carbocycles. The van der Waals surface area contributed by atoms with Gasteiger partial charge in [0, 0.05) is 6.04 Å². The number of nitrogens with one attached hydrogen (secondary N) is 2. The van der Waals surface area contributed by atoms with Gasteiger partial charge < -0.3 is 19.5 Å². The lowest BCUT2D eigenvalue weighted by Crippen LogP contribution is -2.40. The van der Waals surface area contributed by atoms with Crippen LogP contribution in [0.5, 0.6) is 17.2 Å². The molecule has 31 heavy (non-hydrogen) atoms. The molecule has 1 saturated carbocycles. The monoisotopic (exact) mass is 441 g/mol. The van der Waals surface area contributed by atoms with E-state index in [4.69, 9.17) is 26.4 Å². The van der Waals surface area contributed by atoms with Crippen LogP contribution < -0.4 is 25.0 Å². The fourth-order valence-electron chi connectivity index (χ4n) is 3.36. The molecule has 3 rings (SSSR count). The van der Waals surface area contributed by atoms with Crippen LogP contribution in [0, 0.1) is 0 Å². The summed E-state index contributed by atoms with van der Waals surface area (Å²) in [5, 5.41) is 7.99. The second-order valence-electron chi connectivity index (χ2n) is 7.21. The molecular formula is C23H27N3O4S. The lowest BCUT2D eigenvalue weighted by molar-refractivity contribution is 0.0729. The summed E-state index contributed by atoms with van der Waals surface area (Å²) in [7, 11) is 3.09. The average molecular weight is 442 g/mol. The SMILES string of the molecule is COc1ccc(C(=O)Oc2ccc(C=NNC(=S)NC3CCCCC3)cc2OC)cc1. The van der Waals surface area contributed by atoms with Crippen LogP contribution in [0.25, 0.3) is 0 Å². The van der Waals surface area contributed by atoms with Gasteiger partial charge in [-0.2, -0.15) is 5.10 Å². The van der Waals surface area contributed by atoms with E-state index in [1.165, 1.54) is 26.4 Å². The van der Waals surface area contributed by atoms with E-state index >= 15 is 0 Å². The number of hydrogen-bond donors (Lipinski definition) is 2. The topological polar surface area (TPSA) is 81.2 Å². The fraction of sp³-hybridized carbons (Fsp3) is 0.348. The van der Waals surface area contributed by atoms with Crippen LogP contribution in [0.15, 0.2) is 47.6 Å². The van der Waals surface area contributed by atoms with Gasteiger partial charge in [0.15, 0.2) is 16.6 Å². The first-order chi connectivity index (χ1) is 15.1. The van der Waals surface area contributed by atoms with Gasteiger partial charge in [-0.05, 0) is 73.1 Å².